The summed E-state index contributed by atoms with van der Waals surface area (Å²) >= 11 is 12.4. The molecule has 40 heavy (non-hydrogen) atoms. The molecule has 0 heterocycles. The Morgan fingerprint density at radius 3 is 2.25 bits per heavy atom. The Morgan fingerprint density at radius 1 is 0.950 bits per heavy atom. The predicted octanol–water partition coefficient (Wildman–Crippen LogP) is 5.62. The summed E-state index contributed by atoms with van der Waals surface area (Å²) in [6.45, 7) is 4.52. The van der Waals surface area contributed by atoms with Gasteiger partial charge in [-0.25, -0.2) is 8.42 Å². The van der Waals surface area contributed by atoms with Gasteiger partial charge in [0.25, 0.3) is 0 Å². The highest BCUT2D eigenvalue weighted by Gasteiger charge is 2.30. The van der Waals surface area contributed by atoms with Crippen molar-refractivity contribution in [3.05, 3.63) is 99.5 Å². The zero-order valence-electron chi connectivity index (χ0n) is 22.9. The molecule has 3 aromatic carbocycles. The van der Waals surface area contributed by atoms with Crippen LogP contribution >= 0.6 is 23.2 Å². The van der Waals surface area contributed by atoms with Gasteiger partial charge in [-0.2, -0.15) is 0 Å². The third-order valence-electron chi connectivity index (χ3n) is 6.42. The summed E-state index contributed by atoms with van der Waals surface area (Å²) in [6, 6.07) is 21.2. The number of nitrogens with one attached hydrogen (secondary N) is 1. The Labute approximate surface area is 247 Å². The molecule has 0 spiro atoms. The van der Waals surface area contributed by atoms with Crippen LogP contribution in [-0.4, -0.2) is 50.5 Å². The highest BCUT2D eigenvalue weighted by Crippen LogP contribution is 2.31. The van der Waals surface area contributed by atoms with Gasteiger partial charge in [0, 0.05) is 37.5 Å². The topological polar surface area (TPSA) is 86.8 Å². The van der Waals surface area contributed by atoms with Crippen molar-refractivity contribution in [2.24, 2.45) is 0 Å². The minimum atomic E-state index is -3.70. The number of nitrogens with zero attached hydrogens (tertiary/aromatic N) is 2. The molecule has 0 bridgehead atoms. The van der Waals surface area contributed by atoms with Gasteiger partial charge in [-0.3, -0.25) is 13.9 Å². The number of hydrogen-bond acceptors (Lipinski definition) is 4. The lowest BCUT2D eigenvalue weighted by atomic mass is 10.0. The summed E-state index contributed by atoms with van der Waals surface area (Å²) in [4.78, 5) is 28.7. The number of carbonyl (C=O) groups excluding carboxylic acids is 2. The second-order valence-corrected chi connectivity index (χ2v) is 12.4. The molecule has 2 amide bonds. The van der Waals surface area contributed by atoms with E-state index in [1.54, 1.807) is 11.0 Å². The lowest BCUT2D eigenvalue weighted by molar-refractivity contribution is -0.141. The van der Waals surface area contributed by atoms with Crippen LogP contribution in [0.3, 0.4) is 0 Å². The van der Waals surface area contributed by atoms with Gasteiger partial charge in [-0.1, -0.05) is 83.4 Å². The smallest absolute Gasteiger partial charge is 0.243 e. The van der Waals surface area contributed by atoms with Gasteiger partial charge < -0.3 is 10.2 Å². The highest BCUT2D eigenvalue weighted by atomic mass is 35.5. The Bertz CT molecular complexity index is 1400. The van der Waals surface area contributed by atoms with Crippen LogP contribution in [0.25, 0.3) is 0 Å². The summed E-state index contributed by atoms with van der Waals surface area (Å²) in [5, 5.41) is 3.46. The second kappa shape index (κ2) is 14.5. The highest BCUT2D eigenvalue weighted by molar-refractivity contribution is 7.92. The van der Waals surface area contributed by atoms with Gasteiger partial charge >= 0.3 is 0 Å². The van der Waals surface area contributed by atoms with Crippen molar-refractivity contribution in [3.63, 3.8) is 0 Å². The molecular weight excluding hydrogens is 569 g/mol. The van der Waals surface area contributed by atoms with Crippen LogP contribution in [0.2, 0.25) is 10.0 Å². The first-order valence-corrected chi connectivity index (χ1v) is 15.7. The first-order chi connectivity index (χ1) is 19.0. The van der Waals surface area contributed by atoms with E-state index in [2.05, 4.69) is 5.32 Å². The molecule has 10 heteroatoms. The van der Waals surface area contributed by atoms with Crippen molar-refractivity contribution in [3.8, 4) is 0 Å². The van der Waals surface area contributed by atoms with Crippen LogP contribution in [0.5, 0.6) is 0 Å². The van der Waals surface area contributed by atoms with Crippen molar-refractivity contribution in [1.29, 1.82) is 0 Å². The Morgan fingerprint density at radius 2 is 1.62 bits per heavy atom. The first-order valence-electron chi connectivity index (χ1n) is 13.1. The molecule has 7 nitrogen and oxygen atoms in total. The van der Waals surface area contributed by atoms with E-state index >= 15 is 0 Å². The average Bonchev–Trinajstić information content (AvgIpc) is 2.91. The van der Waals surface area contributed by atoms with Crippen molar-refractivity contribution in [1.82, 2.24) is 10.2 Å². The van der Waals surface area contributed by atoms with Gasteiger partial charge in [0.2, 0.25) is 21.8 Å². The SMILES string of the molecule is CCNC(=O)[C@@H](Cc1ccccc1)N(Cc1ccc(C)cc1)C(=O)CCCN(c1cc(Cl)ccc1Cl)S(C)(=O)=O. The summed E-state index contributed by atoms with van der Waals surface area (Å²) < 4.78 is 26.4. The third kappa shape index (κ3) is 8.98. The summed E-state index contributed by atoms with van der Waals surface area (Å²) in [7, 11) is -3.70. The molecular formula is C30H35Cl2N3O4S. The molecule has 1 atom stereocenters. The summed E-state index contributed by atoms with van der Waals surface area (Å²) in [5.41, 5.74) is 3.17. The van der Waals surface area contributed by atoms with Crippen molar-refractivity contribution in [2.75, 3.05) is 23.7 Å². The molecule has 0 aliphatic rings. The minimum Gasteiger partial charge on any atom is -0.355 e. The maximum atomic E-state index is 13.8. The average molecular weight is 605 g/mol. The lowest BCUT2D eigenvalue weighted by Gasteiger charge is -2.32. The molecule has 3 aromatic rings. The predicted molar refractivity (Wildman–Crippen MR) is 162 cm³/mol. The number of carbonyl (C=O) groups is 2. The standard InChI is InChI=1S/C30H35Cl2N3O4S/c1-4-33-30(37)28(19-23-9-6-5-7-10-23)34(21-24-14-12-22(2)13-15-24)29(36)11-8-18-35(40(3,38)39)27-20-25(31)16-17-26(27)32/h5-7,9-10,12-17,20,28H,4,8,11,18-19,21H2,1-3H3,(H,33,37)/t28-/m1/s1. The monoisotopic (exact) mass is 603 g/mol. The Hall–Kier alpha value is -3.07. The van der Waals surface area contributed by atoms with E-state index in [0.717, 1.165) is 27.3 Å². The molecule has 0 fully saturated rings. The van der Waals surface area contributed by atoms with Crippen molar-refractivity contribution in [2.45, 2.75) is 45.7 Å². The van der Waals surface area contributed by atoms with Gasteiger partial charge in [-0.15, -0.1) is 0 Å². The van der Waals surface area contributed by atoms with E-state index in [4.69, 9.17) is 23.2 Å². The molecule has 0 aliphatic carbocycles. The van der Waals surface area contributed by atoms with Crippen LogP contribution in [0.4, 0.5) is 5.69 Å². The molecule has 214 valence electrons. The first kappa shape index (κ1) is 31.5. The summed E-state index contributed by atoms with van der Waals surface area (Å²) in [6.07, 6.45) is 1.67. The zero-order chi connectivity index (χ0) is 29.3. The minimum absolute atomic E-state index is 0.0213. The number of anilines is 1. The van der Waals surface area contributed by atoms with Crippen LogP contribution in [0, 0.1) is 6.92 Å². The number of halogens is 2. The fourth-order valence-electron chi connectivity index (χ4n) is 4.40. The molecule has 0 aliphatic heterocycles. The summed E-state index contributed by atoms with van der Waals surface area (Å²) in [5.74, 6) is -0.492. The quantitative estimate of drug-likeness (QED) is 0.274. The number of aryl methyl sites for hydroxylation is 1. The second-order valence-electron chi connectivity index (χ2n) is 9.64. The largest absolute Gasteiger partial charge is 0.355 e. The van der Waals surface area contributed by atoms with Crippen LogP contribution in [0.15, 0.2) is 72.8 Å². The van der Waals surface area contributed by atoms with Gasteiger partial charge in [0.15, 0.2) is 0 Å². The number of sulfonamides is 1. The van der Waals surface area contributed by atoms with E-state index < -0.39 is 16.1 Å². The van der Waals surface area contributed by atoms with E-state index in [0.29, 0.717) is 18.0 Å². The van der Waals surface area contributed by atoms with Gasteiger partial charge in [0.1, 0.15) is 6.04 Å². The molecule has 0 radical (unpaired) electrons. The molecule has 0 aromatic heterocycles. The van der Waals surface area contributed by atoms with Gasteiger partial charge in [0.05, 0.1) is 17.0 Å². The lowest BCUT2D eigenvalue weighted by Crippen LogP contribution is -2.50. The van der Waals surface area contributed by atoms with E-state index in [1.807, 2.05) is 68.4 Å². The van der Waals surface area contributed by atoms with Crippen LogP contribution in [0.1, 0.15) is 36.5 Å². The number of likely N-dealkylation sites (N-methyl/N-ethyl adjacent to an activating group) is 1. The molecule has 0 saturated heterocycles. The fourth-order valence-corrected chi connectivity index (χ4v) is 5.80. The maximum absolute atomic E-state index is 13.8. The number of hydrogen-bond donors (Lipinski definition) is 1. The maximum Gasteiger partial charge on any atom is 0.243 e. The fraction of sp³-hybridized carbons (Fsp3) is 0.333. The zero-order valence-corrected chi connectivity index (χ0v) is 25.3. The number of rotatable bonds is 13. The van der Waals surface area contributed by atoms with Crippen LogP contribution < -0.4 is 9.62 Å². The Kier molecular flexibility index (Phi) is 11.4. The van der Waals surface area contributed by atoms with E-state index in [1.165, 1.54) is 12.1 Å². The van der Waals surface area contributed by atoms with Crippen molar-refractivity contribution < 1.29 is 18.0 Å². The molecule has 1 N–H and O–H groups in total. The molecule has 0 saturated carbocycles. The van der Waals surface area contributed by atoms with Crippen LogP contribution in [-0.2, 0) is 32.6 Å². The molecule has 3 rings (SSSR count). The molecule has 0 unspecified atom stereocenters. The Balaban J connectivity index is 1.87. The third-order valence-corrected chi connectivity index (χ3v) is 8.16. The van der Waals surface area contributed by atoms with E-state index in [9.17, 15) is 18.0 Å². The van der Waals surface area contributed by atoms with Gasteiger partial charge in [-0.05, 0) is 49.6 Å². The van der Waals surface area contributed by atoms with Crippen molar-refractivity contribution >= 4 is 50.7 Å². The number of benzene rings is 3. The number of amides is 2. The van der Waals surface area contributed by atoms with E-state index in [-0.39, 0.29) is 48.5 Å². The normalized spacial score (nSPS) is 12.0.